The fourth-order valence-corrected chi connectivity index (χ4v) is 4.52. The largest absolute Gasteiger partial charge is 1.00 e. The number of carbonyl (C=O) groups excluding carboxylic acids is 3. The summed E-state index contributed by atoms with van der Waals surface area (Å²) in [5.74, 6) is -3.55. The normalized spacial score (nSPS) is 10.3. The van der Waals surface area contributed by atoms with E-state index < -0.39 is 30.0 Å². The molecule has 40 heavy (non-hydrogen) atoms. The minimum atomic E-state index is -1.25. The Morgan fingerprint density at radius 2 is 1.07 bits per heavy atom. The molecule has 0 aliphatic rings. The predicted molar refractivity (Wildman–Crippen MR) is 133 cm³/mol. The number of aliphatic carboxylic acids is 3. The van der Waals surface area contributed by atoms with Gasteiger partial charge in [0.05, 0.1) is 11.5 Å². The van der Waals surface area contributed by atoms with Gasteiger partial charge in [0.1, 0.15) is 0 Å². The van der Waals surface area contributed by atoms with Crippen molar-refractivity contribution in [3.8, 4) is 0 Å². The Morgan fingerprint density at radius 3 is 1.50 bits per heavy atom. The Bertz CT molecular complexity index is 1140. The van der Waals surface area contributed by atoms with Crippen molar-refractivity contribution in [3.05, 3.63) is 102 Å². The van der Waals surface area contributed by atoms with Crippen molar-refractivity contribution < 1.29 is 118 Å². The molecule has 3 aromatic carbocycles. The van der Waals surface area contributed by atoms with Crippen LogP contribution in [0.1, 0.15) is 42.4 Å². The SMILES string of the molecule is O=C([O-])CCCN(CCCC(=O)[O-])c1cccc(C(NCC(=O)[O-])(c2ccccc2)c2ccccc2)c1.[Na+].[Na+].[Na+]. The van der Waals surface area contributed by atoms with Crippen LogP contribution in [-0.2, 0) is 19.9 Å². The smallest absolute Gasteiger partial charge is 0.550 e. The van der Waals surface area contributed by atoms with Crippen LogP contribution in [0.5, 0.6) is 0 Å². The third-order valence-corrected chi connectivity index (χ3v) is 6.17. The van der Waals surface area contributed by atoms with E-state index in [-0.39, 0.29) is 102 Å². The third kappa shape index (κ3) is 11.2. The predicted octanol–water partition coefficient (Wildman–Crippen LogP) is -8.80. The van der Waals surface area contributed by atoms with E-state index in [0.29, 0.717) is 25.9 Å². The van der Waals surface area contributed by atoms with Crippen molar-refractivity contribution in [2.45, 2.75) is 31.2 Å². The van der Waals surface area contributed by atoms with Crippen molar-refractivity contribution in [2.24, 2.45) is 0 Å². The van der Waals surface area contributed by atoms with E-state index in [1.165, 1.54) is 0 Å². The number of hydrogen-bond acceptors (Lipinski definition) is 8. The molecule has 0 atom stereocenters. The number of hydrogen-bond donors (Lipinski definition) is 1. The van der Waals surface area contributed by atoms with Crippen molar-refractivity contribution in [3.63, 3.8) is 0 Å². The summed E-state index contributed by atoms with van der Waals surface area (Å²) in [6, 6.07) is 26.5. The zero-order valence-electron chi connectivity index (χ0n) is 23.4. The topological polar surface area (TPSA) is 136 Å². The molecule has 0 radical (unpaired) electrons. The number of carboxylic acid groups (broad SMARTS) is 3. The Kier molecular flexibility index (Phi) is 19.3. The van der Waals surface area contributed by atoms with Gasteiger partial charge in [0.2, 0.25) is 0 Å². The number of nitrogens with zero attached hydrogens (tertiary/aromatic N) is 1. The van der Waals surface area contributed by atoms with Gasteiger partial charge in [-0.3, -0.25) is 5.32 Å². The first-order valence-electron chi connectivity index (χ1n) is 12.1. The number of carbonyl (C=O) groups is 3. The summed E-state index contributed by atoms with van der Waals surface area (Å²) in [4.78, 5) is 35.4. The van der Waals surface area contributed by atoms with Crippen LogP contribution < -0.4 is 114 Å². The van der Waals surface area contributed by atoms with E-state index in [0.717, 1.165) is 22.4 Å². The average Bonchev–Trinajstić information content (AvgIpc) is 2.89. The number of carboxylic acids is 3. The third-order valence-electron chi connectivity index (χ3n) is 6.17. The maximum absolute atomic E-state index is 11.6. The van der Waals surface area contributed by atoms with Crippen LogP contribution in [-0.4, -0.2) is 37.5 Å². The molecule has 0 fully saturated rings. The van der Waals surface area contributed by atoms with Gasteiger partial charge in [-0.15, -0.1) is 0 Å². The van der Waals surface area contributed by atoms with E-state index >= 15 is 0 Å². The molecule has 0 bridgehead atoms. The van der Waals surface area contributed by atoms with Crippen LogP contribution in [0.25, 0.3) is 0 Å². The van der Waals surface area contributed by atoms with Gasteiger partial charge in [-0.05, 0) is 54.5 Å². The van der Waals surface area contributed by atoms with E-state index in [2.05, 4.69) is 5.32 Å². The second-order valence-electron chi connectivity index (χ2n) is 8.70. The second-order valence-corrected chi connectivity index (χ2v) is 8.70. The fraction of sp³-hybridized carbons (Fsp3) is 0.276. The first kappa shape index (κ1) is 38.8. The number of rotatable bonds is 15. The molecule has 0 heterocycles. The zero-order chi connectivity index (χ0) is 26.7. The monoisotopic (exact) mass is 570 g/mol. The average molecular weight is 571 g/mol. The quantitative estimate of drug-likeness (QED) is 0.141. The van der Waals surface area contributed by atoms with Gasteiger partial charge in [-0.1, -0.05) is 72.8 Å². The molecule has 0 saturated carbocycles. The molecule has 0 saturated heterocycles. The van der Waals surface area contributed by atoms with Crippen molar-refractivity contribution in [1.82, 2.24) is 5.32 Å². The van der Waals surface area contributed by atoms with E-state index in [1.54, 1.807) is 0 Å². The molecule has 0 amide bonds. The van der Waals surface area contributed by atoms with Gasteiger partial charge in [0, 0.05) is 37.3 Å². The van der Waals surface area contributed by atoms with Gasteiger partial charge in [0.25, 0.3) is 0 Å². The first-order valence-corrected chi connectivity index (χ1v) is 12.1. The minimum absolute atomic E-state index is 0. The van der Waals surface area contributed by atoms with E-state index in [1.807, 2.05) is 89.8 Å². The summed E-state index contributed by atoms with van der Waals surface area (Å²) in [6.45, 7) is 0.343. The van der Waals surface area contributed by atoms with Crippen LogP contribution in [0.3, 0.4) is 0 Å². The van der Waals surface area contributed by atoms with Crippen LogP contribution in [0.15, 0.2) is 84.9 Å². The van der Waals surface area contributed by atoms with Crippen molar-refractivity contribution >= 4 is 23.6 Å². The second kappa shape index (κ2) is 19.9. The van der Waals surface area contributed by atoms with Crippen molar-refractivity contribution in [1.29, 1.82) is 0 Å². The Balaban J connectivity index is 0.00000507. The summed E-state index contributed by atoms with van der Waals surface area (Å²) in [6.07, 6.45) is 0.399. The van der Waals surface area contributed by atoms with Crippen LogP contribution in [0.2, 0.25) is 0 Å². The summed E-state index contributed by atoms with van der Waals surface area (Å²) < 4.78 is 0. The molecule has 0 spiro atoms. The minimum Gasteiger partial charge on any atom is -0.550 e. The molecule has 1 N–H and O–H groups in total. The Labute approximate surface area is 301 Å². The molecule has 11 heteroatoms. The maximum Gasteiger partial charge on any atom is 1.00 e. The molecule has 0 aromatic heterocycles. The Morgan fingerprint density at radius 1 is 0.625 bits per heavy atom. The van der Waals surface area contributed by atoms with Crippen LogP contribution in [0.4, 0.5) is 5.69 Å². The number of benzene rings is 3. The molecule has 3 aromatic rings. The molecular formula is C29H29N2Na3O6. The molecular weight excluding hydrogens is 541 g/mol. The van der Waals surface area contributed by atoms with Gasteiger partial charge >= 0.3 is 88.7 Å². The summed E-state index contributed by atoms with van der Waals surface area (Å²) in [5, 5.41) is 36.7. The summed E-state index contributed by atoms with van der Waals surface area (Å²) in [7, 11) is 0. The molecule has 3 rings (SSSR count). The van der Waals surface area contributed by atoms with Gasteiger partial charge in [-0.25, -0.2) is 0 Å². The van der Waals surface area contributed by atoms with Crippen LogP contribution in [0, 0.1) is 0 Å². The molecule has 0 unspecified atom stereocenters. The van der Waals surface area contributed by atoms with E-state index in [9.17, 15) is 29.7 Å². The summed E-state index contributed by atoms with van der Waals surface area (Å²) in [5.41, 5.74) is 2.11. The fourth-order valence-electron chi connectivity index (χ4n) is 4.52. The van der Waals surface area contributed by atoms with Gasteiger partial charge < -0.3 is 34.6 Å². The Hall–Kier alpha value is -1.17. The number of nitrogens with one attached hydrogen (secondary N) is 1. The molecule has 194 valence electrons. The molecule has 0 aliphatic carbocycles. The van der Waals surface area contributed by atoms with Gasteiger partial charge in [-0.2, -0.15) is 0 Å². The molecule has 8 nitrogen and oxygen atoms in total. The van der Waals surface area contributed by atoms with E-state index in [4.69, 9.17) is 0 Å². The number of anilines is 1. The van der Waals surface area contributed by atoms with Gasteiger partial charge in [0.15, 0.2) is 0 Å². The first-order chi connectivity index (χ1) is 17.8. The molecule has 0 aliphatic heterocycles. The standard InChI is InChI=1S/C29H32N2O6.3Na/c32-26(33)16-8-18-31(19-9-17-27(34)35)25-15-7-14-24(20-25)29(30-21-28(36)37,22-10-3-1-4-11-22)23-12-5-2-6-13-23;;;/h1-7,10-15,20,30H,8-9,16-19,21H2,(H,32,33)(H,34,35)(H,36,37);;;/q;3*+1/p-3. The van der Waals surface area contributed by atoms with Crippen LogP contribution >= 0.6 is 0 Å². The summed E-state index contributed by atoms with van der Waals surface area (Å²) >= 11 is 0. The zero-order valence-corrected chi connectivity index (χ0v) is 29.4. The maximum atomic E-state index is 11.6. The van der Waals surface area contributed by atoms with Crippen molar-refractivity contribution in [2.75, 3.05) is 24.5 Å².